The third-order valence-electron chi connectivity index (χ3n) is 5.35. The Morgan fingerprint density at radius 3 is 2.46 bits per heavy atom. The Morgan fingerprint density at radius 2 is 1.69 bits per heavy atom. The van der Waals surface area contributed by atoms with Gasteiger partial charge in [-0.05, 0) is 37.5 Å². The highest BCUT2D eigenvalue weighted by Gasteiger charge is 2.34. The highest BCUT2D eigenvalue weighted by atomic mass is 35.5. The minimum Gasteiger partial charge on any atom is -0.354 e. The maximum atomic E-state index is 6.07. The van der Waals surface area contributed by atoms with E-state index in [1.54, 1.807) is 12.4 Å². The summed E-state index contributed by atoms with van der Waals surface area (Å²) < 4.78 is 0. The Balaban J connectivity index is 1.35. The van der Waals surface area contributed by atoms with E-state index in [0.717, 1.165) is 59.7 Å². The summed E-state index contributed by atoms with van der Waals surface area (Å²) in [4.78, 5) is 22.1. The Hall–Kier alpha value is -2.34. The van der Waals surface area contributed by atoms with Gasteiger partial charge < -0.3 is 14.8 Å². The summed E-state index contributed by atoms with van der Waals surface area (Å²) in [6, 6.07) is 5.79. The zero-order chi connectivity index (χ0) is 17.5. The summed E-state index contributed by atoms with van der Waals surface area (Å²) in [6.45, 7) is 3.97. The molecular formula is C19H21ClN6. The number of aromatic nitrogens is 4. The van der Waals surface area contributed by atoms with Crippen molar-refractivity contribution in [2.75, 3.05) is 36.0 Å². The third-order valence-corrected chi connectivity index (χ3v) is 5.58. The maximum absolute atomic E-state index is 6.07. The number of nitrogens with zero attached hydrogens (tertiary/aromatic N) is 5. The van der Waals surface area contributed by atoms with Gasteiger partial charge in [0, 0.05) is 43.6 Å². The number of H-pyrrole nitrogens is 1. The summed E-state index contributed by atoms with van der Waals surface area (Å²) in [5.41, 5.74) is 1.97. The first-order chi connectivity index (χ1) is 12.8. The van der Waals surface area contributed by atoms with Crippen LogP contribution in [0.15, 0.2) is 30.6 Å². The maximum Gasteiger partial charge on any atom is 0.172 e. The third kappa shape index (κ3) is 2.78. The molecule has 0 spiro atoms. The van der Waals surface area contributed by atoms with Gasteiger partial charge in [0.15, 0.2) is 11.6 Å². The van der Waals surface area contributed by atoms with Gasteiger partial charge in [-0.15, -0.1) is 0 Å². The topological polar surface area (TPSA) is 60.9 Å². The Bertz CT molecular complexity index is 927. The number of benzene rings is 1. The predicted octanol–water partition coefficient (Wildman–Crippen LogP) is 3.60. The van der Waals surface area contributed by atoms with E-state index in [-0.39, 0.29) is 0 Å². The largest absolute Gasteiger partial charge is 0.354 e. The van der Waals surface area contributed by atoms with Gasteiger partial charge in [0.25, 0.3) is 0 Å². The van der Waals surface area contributed by atoms with E-state index in [9.17, 15) is 0 Å². The van der Waals surface area contributed by atoms with Crippen LogP contribution >= 0.6 is 11.6 Å². The number of nitrogens with one attached hydrogen (secondary N) is 1. The lowest BCUT2D eigenvalue weighted by molar-refractivity contribution is 0.498. The van der Waals surface area contributed by atoms with Gasteiger partial charge in [0.05, 0.1) is 17.0 Å². The van der Waals surface area contributed by atoms with Crippen molar-refractivity contribution in [2.45, 2.75) is 25.2 Å². The lowest BCUT2D eigenvalue weighted by atomic mass is 9.99. The molecule has 0 bridgehead atoms. The van der Waals surface area contributed by atoms with Crippen LogP contribution in [0, 0.1) is 0 Å². The fraction of sp³-hybridized carbons (Fsp3) is 0.421. The van der Waals surface area contributed by atoms with Gasteiger partial charge in [-0.1, -0.05) is 11.6 Å². The van der Waals surface area contributed by atoms with Crippen LogP contribution in [-0.2, 0) is 0 Å². The molecule has 2 aliphatic rings. The molecule has 7 heteroatoms. The molecule has 1 N–H and O–H groups in total. The van der Waals surface area contributed by atoms with Crippen molar-refractivity contribution in [3.8, 4) is 0 Å². The molecule has 2 aliphatic heterocycles. The van der Waals surface area contributed by atoms with E-state index in [1.165, 1.54) is 19.3 Å². The minimum atomic E-state index is 0.386. The lowest BCUT2D eigenvalue weighted by Gasteiger charge is -2.41. The first-order valence-corrected chi connectivity index (χ1v) is 9.62. The molecule has 0 radical (unpaired) electrons. The van der Waals surface area contributed by atoms with Gasteiger partial charge >= 0.3 is 0 Å². The smallest absolute Gasteiger partial charge is 0.172 e. The number of aromatic amines is 1. The highest BCUT2D eigenvalue weighted by Crippen LogP contribution is 2.35. The molecule has 3 aromatic rings. The summed E-state index contributed by atoms with van der Waals surface area (Å²) in [5, 5.41) is 0.719. The zero-order valence-electron chi connectivity index (χ0n) is 14.5. The van der Waals surface area contributed by atoms with Crippen LogP contribution in [0.4, 0.5) is 11.6 Å². The van der Waals surface area contributed by atoms with Crippen LogP contribution < -0.4 is 9.80 Å². The number of hydrogen-bond acceptors (Lipinski definition) is 5. The van der Waals surface area contributed by atoms with Crippen molar-refractivity contribution < 1.29 is 0 Å². The lowest BCUT2D eigenvalue weighted by Crippen LogP contribution is -2.47. The normalized spacial score (nSPS) is 18.3. The van der Waals surface area contributed by atoms with Crippen LogP contribution in [0.1, 0.15) is 31.0 Å². The number of hydrogen-bond donors (Lipinski definition) is 1. The molecule has 0 aliphatic carbocycles. The number of imidazole rings is 1. The van der Waals surface area contributed by atoms with Crippen LogP contribution in [0.3, 0.4) is 0 Å². The first-order valence-electron chi connectivity index (χ1n) is 9.24. The van der Waals surface area contributed by atoms with Crippen molar-refractivity contribution in [3.05, 3.63) is 41.4 Å². The van der Waals surface area contributed by atoms with Crippen molar-refractivity contribution >= 4 is 34.3 Å². The fourth-order valence-electron chi connectivity index (χ4n) is 3.89. The van der Waals surface area contributed by atoms with Crippen molar-refractivity contribution in [3.63, 3.8) is 0 Å². The number of fused-ring (bicyclic) bond motifs is 1. The Morgan fingerprint density at radius 1 is 0.962 bits per heavy atom. The van der Waals surface area contributed by atoms with Gasteiger partial charge in [0.1, 0.15) is 5.82 Å². The quantitative estimate of drug-likeness (QED) is 0.765. The predicted molar refractivity (Wildman–Crippen MR) is 104 cm³/mol. The second kappa shape index (κ2) is 6.43. The molecule has 2 aromatic heterocycles. The molecule has 2 fully saturated rings. The monoisotopic (exact) mass is 368 g/mol. The average molecular weight is 369 g/mol. The molecule has 26 heavy (non-hydrogen) atoms. The number of piperidine rings is 1. The zero-order valence-corrected chi connectivity index (χ0v) is 15.3. The number of anilines is 2. The van der Waals surface area contributed by atoms with Crippen molar-refractivity contribution in [2.24, 2.45) is 0 Å². The molecule has 4 heterocycles. The second-order valence-corrected chi connectivity index (χ2v) is 7.57. The number of rotatable bonds is 3. The molecular weight excluding hydrogens is 348 g/mol. The Kier molecular flexibility index (Phi) is 3.93. The van der Waals surface area contributed by atoms with Crippen LogP contribution in [0.2, 0.25) is 5.02 Å². The average Bonchev–Trinajstić information content (AvgIpc) is 3.04. The molecule has 0 saturated carbocycles. The second-order valence-electron chi connectivity index (χ2n) is 7.14. The van der Waals surface area contributed by atoms with E-state index < -0.39 is 0 Å². The van der Waals surface area contributed by atoms with E-state index in [4.69, 9.17) is 16.6 Å². The SMILES string of the molecule is Clc1ccc2[nH]c(C3CN(c4nccnc4N4CCCCC4)C3)nc2c1. The van der Waals surface area contributed by atoms with Crippen LogP contribution in [0.25, 0.3) is 11.0 Å². The summed E-state index contributed by atoms with van der Waals surface area (Å²) in [5.74, 6) is 3.45. The standard InChI is InChI=1S/C19H21ClN6/c20-14-4-5-15-16(10-14)24-17(23-15)13-11-26(12-13)19-18(21-6-7-22-19)25-8-2-1-3-9-25/h4-7,10,13H,1-3,8-9,11-12H2,(H,23,24). The summed E-state index contributed by atoms with van der Waals surface area (Å²) >= 11 is 6.07. The number of halogens is 1. The Labute approximate surface area is 157 Å². The molecule has 6 nitrogen and oxygen atoms in total. The highest BCUT2D eigenvalue weighted by molar-refractivity contribution is 6.31. The molecule has 0 unspecified atom stereocenters. The fourth-order valence-corrected chi connectivity index (χ4v) is 4.06. The van der Waals surface area contributed by atoms with Gasteiger partial charge in [0.2, 0.25) is 0 Å². The van der Waals surface area contributed by atoms with Crippen LogP contribution in [0.5, 0.6) is 0 Å². The molecule has 5 rings (SSSR count). The van der Waals surface area contributed by atoms with E-state index in [0.29, 0.717) is 5.92 Å². The van der Waals surface area contributed by atoms with E-state index in [2.05, 4.69) is 24.8 Å². The molecule has 1 aromatic carbocycles. The molecule has 0 atom stereocenters. The first kappa shape index (κ1) is 15.9. The summed E-state index contributed by atoms with van der Waals surface area (Å²) in [6.07, 6.45) is 7.38. The molecule has 2 saturated heterocycles. The van der Waals surface area contributed by atoms with Gasteiger partial charge in [-0.2, -0.15) is 0 Å². The van der Waals surface area contributed by atoms with Crippen LogP contribution in [-0.4, -0.2) is 46.1 Å². The van der Waals surface area contributed by atoms with Crippen molar-refractivity contribution in [1.82, 2.24) is 19.9 Å². The molecule has 0 amide bonds. The minimum absolute atomic E-state index is 0.386. The van der Waals surface area contributed by atoms with Gasteiger partial charge in [-0.25, -0.2) is 15.0 Å². The van der Waals surface area contributed by atoms with E-state index in [1.807, 2.05) is 18.2 Å². The van der Waals surface area contributed by atoms with E-state index >= 15 is 0 Å². The molecule has 134 valence electrons. The van der Waals surface area contributed by atoms with Gasteiger partial charge in [-0.3, -0.25) is 0 Å². The summed E-state index contributed by atoms with van der Waals surface area (Å²) in [7, 11) is 0. The van der Waals surface area contributed by atoms with Crippen molar-refractivity contribution in [1.29, 1.82) is 0 Å².